The van der Waals surface area contributed by atoms with Crippen molar-refractivity contribution in [1.82, 2.24) is 25.3 Å². The number of carbonyl (C=O) groups is 3. The second-order valence-electron chi connectivity index (χ2n) is 13.6. The smallest absolute Gasteiger partial charge is 0.478 e. The molecule has 0 bridgehead atoms. The summed E-state index contributed by atoms with van der Waals surface area (Å²) in [4.78, 5) is 42.4. The van der Waals surface area contributed by atoms with E-state index in [4.69, 9.17) is 14.6 Å². The predicted molar refractivity (Wildman–Crippen MR) is 182 cm³/mol. The maximum atomic E-state index is 14.0. The molecule has 3 aliphatic rings. The average Bonchev–Trinajstić information content (AvgIpc) is 3.79. The zero-order chi connectivity index (χ0) is 36.1. The highest BCUT2D eigenvalue weighted by Gasteiger charge is 2.39. The van der Waals surface area contributed by atoms with Gasteiger partial charge in [0.2, 0.25) is 5.91 Å². The van der Waals surface area contributed by atoms with Gasteiger partial charge in [-0.3, -0.25) is 14.7 Å². The van der Waals surface area contributed by atoms with Crippen molar-refractivity contribution in [3.8, 4) is 16.9 Å². The van der Waals surface area contributed by atoms with Crippen molar-refractivity contribution in [3.05, 3.63) is 66.0 Å². The quantitative estimate of drug-likeness (QED) is 0.284. The van der Waals surface area contributed by atoms with Crippen LogP contribution < -0.4 is 15.0 Å². The number of ether oxygens (including phenoxy) is 1. The number of H-pyrrole nitrogens is 1. The van der Waals surface area contributed by atoms with E-state index in [2.05, 4.69) is 56.5 Å². The lowest BCUT2D eigenvalue weighted by molar-refractivity contribution is -0.192. The maximum absolute atomic E-state index is 14.0. The number of aryl methyl sites for hydroxylation is 1. The van der Waals surface area contributed by atoms with E-state index in [-0.39, 0.29) is 17.7 Å². The Morgan fingerprint density at radius 2 is 1.76 bits per heavy atom. The number of anilines is 1. The number of rotatable bonds is 9. The summed E-state index contributed by atoms with van der Waals surface area (Å²) in [5.74, 6) is -1.86. The number of benzene rings is 2. The van der Waals surface area contributed by atoms with E-state index in [9.17, 15) is 22.8 Å². The zero-order valence-corrected chi connectivity index (χ0v) is 28.6. The van der Waals surface area contributed by atoms with Gasteiger partial charge < -0.3 is 29.9 Å². The fraction of sp³-hybridized carbons (Fsp3) is 0.500. The number of aromatic amines is 1. The van der Waals surface area contributed by atoms with Crippen LogP contribution in [-0.2, 0) is 20.9 Å². The Morgan fingerprint density at radius 1 is 1.04 bits per heavy atom. The number of hydrogen-bond donors (Lipinski definition) is 3. The second-order valence-corrected chi connectivity index (χ2v) is 13.6. The van der Waals surface area contributed by atoms with Gasteiger partial charge >= 0.3 is 12.1 Å². The first-order chi connectivity index (χ1) is 23.7. The number of halogens is 3. The Balaban J connectivity index is 0.000000630. The summed E-state index contributed by atoms with van der Waals surface area (Å²) in [6, 6.07) is 14.8. The number of carboxylic acids is 1. The number of hydrogen-bond acceptors (Lipinski definition) is 7. The molecule has 1 saturated carbocycles. The molecule has 2 amide bonds. The van der Waals surface area contributed by atoms with Crippen LogP contribution in [0.5, 0.6) is 5.75 Å². The number of piperazine rings is 1. The summed E-state index contributed by atoms with van der Waals surface area (Å²) < 4.78 is 38.0. The molecule has 0 radical (unpaired) electrons. The van der Waals surface area contributed by atoms with E-state index in [0.717, 1.165) is 62.1 Å². The number of piperidine rings is 1. The summed E-state index contributed by atoms with van der Waals surface area (Å²) in [5.41, 5.74) is 4.66. The lowest BCUT2D eigenvalue weighted by atomic mass is 9.95. The van der Waals surface area contributed by atoms with Crippen LogP contribution >= 0.6 is 0 Å². The summed E-state index contributed by atoms with van der Waals surface area (Å²) in [5, 5.41) is 17.4. The lowest BCUT2D eigenvalue weighted by Gasteiger charge is -2.37. The second kappa shape index (κ2) is 15.5. The normalized spacial score (nSPS) is 18.2. The average molecular weight is 699 g/mol. The van der Waals surface area contributed by atoms with Crippen LogP contribution in [0.25, 0.3) is 11.1 Å². The molecule has 2 aliphatic heterocycles. The number of alkyl halides is 3. The first-order valence-electron chi connectivity index (χ1n) is 17.0. The van der Waals surface area contributed by atoms with Gasteiger partial charge in [-0.15, -0.1) is 0 Å². The molecule has 3 N–H and O–H groups in total. The Bertz CT molecular complexity index is 1640. The topological polar surface area (TPSA) is 131 Å². The Hall–Kier alpha value is -4.59. The lowest BCUT2D eigenvalue weighted by Crippen LogP contribution is -2.54. The fourth-order valence-corrected chi connectivity index (χ4v) is 6.49. The van der Waals surface area contributed by atoms with E-state index >= 15 is 0 Å². The Labute approximate surface area is 289 Å². The van der Waals surface area contributed by atoms with Crippen LogP contribution in [0.4, 0.5) is 18.9 Å². The highest BCUT2D eigenvalue weighted by molar-refractivity contribution is 5.85. The summed E-state index contributed by atoms with van der Waals surface area (Å²) >= 11 is 0. The first-order valence-corrected chi connectivity index (χ1v) is 17.0. The molecule has 3 heterocycles. The van der Waals surface area contributed by atoms with Gasteiger partial charge in [-0.25, -0.2) is 4.79 Å². The van der Waals surface area contributed by atoms with Crippen LogP contribution in [0.1, 0.15) is 50.7 Å². The molecule has 0 unspecified atom stereocenters. The number of amides is 2. The van der Waals surface area contributed by atoms with Crippen LogP contribution in [-0.4, -0.2) is 100.0 Å². The van der Waals surface area contributed by atoms with Crippen LogP contribution in [0.15, 0.2) is 54.9 Å². The summed E-state index contributed by atoms with van der Waals surface area (Å²) in [6.45, 7) is 11.1. The predicted octanol–water partition coefficient (Wildman–Crippen LogP) is 5.02. The molecule has 50 heavy (non-hydrogen) atoms. The molecule has 14 heteroatoms. The molecule has 3 fully saturated rings. The van der Waals surface area contributed by atoms with Crippen LogP contribution in [0.2, 0.25) is 0 Å². The summed E-state index contributed by atoms with van der Waals surface area (Å²) in [7, 11) is 0. The third kappa shape index (κ3) is 9.34. The molecule has 1 atom stereocenters. The minimum atomic E-state index is -5.08. The molecule has 0 spiro atoms. The van der Waals surface area contributed by atoms with Gasteiger partial charge in [0.1, 0.15) is 5.75 Å². The van der Waals surface area contributed by atoms with Crippen LogP contribution in [0, 0.1) is 12.8 Å². The van der Waals surface area contributed by atoms with E-state index in [1.54, 1.807) is 0 Å². The largest absolute Gasteiger partial charge is 0.490 e. The van der Waals surface area contributed by atoms with Crippen molar-refractivity contribution in [1.29, 1.82) is 0 Å². The van der Waals surface area contributed by atoms with Crippen molar-refractivity contribution >= 4 is 23.5 Å². The highest BCUT2D eigenvalue weighted by Crippen LogP contribution is 2.34. The van der Waals surface area contributed by atoms with Crippen molar-refractivity contribution in [3.63, 3.8) is 0 Å². The van der Waals surface area contributed by atoms with Crippen molar-refractivity contribution in [2.75, 3.05) is 44.2 Å². The minimum absolute atomic E-state index is 0.00881. The molecule has 2 saturated heterocycles. The third-order valence-corrected chi connectivity index (χ3v) is 9.21. The Morgan fingerprint density at radius 3 is 2.38 bits per heavy atom. The SMILES string of the molecule is Cc1cc(CN(C(=O)[C@@H]2CCCN(c3cccc(OC(C)(C)C(=O)N4CCNCC4)c3)C2)C2CC2)ccc1-c1cn[nH]c1.O=C(O)C(F)(F)F. The monoisotopic (exact) mass is 698 g/mol. The van der Waals surface area contributed by atoms with E-state index in [1.807, 2.05) is 49.3 Å². The number of nitrogens with one attached hydrogen (secondary N) is 2. The number of aromatic nitrogens is 2. The van der Waals surface area contributed by atoms with Gasteiger partial charge in [-0.1, -0.05) is 24.3 Å². The number of carbonyl (C=O) groups excluding carboxylic acids is 2. The van der Waals surface area contributed by atoms with Gasteiger partial charge in [-0.05, 0) is 75.3 Å². The number of carboxylic acid groups (broad SMARTS) is 1. The number of aliphatic carboxylic acids is 1. The van der Waals surface area contributed by atoms with Gasteiger partial charge in [0.05, 0.1) is 12.1 Å². The Kier molecular flexibility index (Phi) is 11.4. The molecule has 11 nitrogen and oxygen atoms in total. The van der Waals surface area contributed by atoms with Crippen molar-refractivity contribution in [2.24, 2.45) is 5.92 Å². The van der Waals surface area contributed by atoms with Gasteiger partial charge in [-0.2, -0.15) is 18.3 Å². The standard InChI is InChI=1S/C34H44N6O3.C2HF3O2/c1-24-18-25(9-12-31(24)27-20-36-37-21-27)22-40(28-10-11-28)32(41)26-6-5-15-39(23-26)29-7-4-8-30(19-29)43-34(2,3)33(42)38-16-13-35-14-17-38;3-2(4,5)1(6)7/h4,7-9,12,18-21,26,28,35H,5-6,10-11,13-17,22-23H2,1-3H3,(H,36,37);(H,6,7)/t26-;/m1./s1. The minimum Gasteiger partial charge on any atom is -0.478 e. The van der Waals surface area contributed by atoms with Gasteiger partial charge in [0.25, 0.3) is 5.91 Å². The van der Waals surface area contributed by atoms with E-state index in [1.165, 1.54) is 11.1 Å². The van der Waals surface area contributed by atoms with Crippen LogP contribution in [0.3, 0.4) is 0 Å². The molecular weight excluding hydrogens is 653 g/mol. The van der Waals surface area contributed by atoms with Crippen molar-refractivity contribution in [2.45, 2.75) is 70.8 Å². The molecule has 6 rings (SSSR count). The number of nitrogens with zero attached hydrogens (tertiary/aromatic N) is 4. The fourth-order valence-electron chi connectivity index (χ4n) is 6.49. The molecule has 270 valence electrons. The maximum Gasteiger partial charge on any atom is 0.490 e. The van der Waals surface area contributed by atoms with E-state index in [0.29, 0.717) is 38.0 Å². The van der Waals surface area contributed by atoms with E-state index < -0.39 is 17.7 Å². The molecule has 3 aromatic rings. The molecule has 2 aromatic carbocycles. The van der Waals surface area contributed by atoms with Gasteiger partial charge in [0, 0.05) is 75.4 Å². The summed E-state index contributed by atoms with van der Waals surface area (Å²) in [6.07, 6.45) is 2.69. The molecule has 1 aromatic heterocycles. The highest BCUT2D eigenvalue weighted by atomic mass is 19.4. The van der Waals surface area contributed by atoms with Crippen molar-refractivity contribution < 1.29 is 37.4 Å². The first kappa shape index (κ1) is 36.7. The third-order valence-electron chi connectivity index (χ3n) is 9.21. The molecular formula is C36H45F3N6O5. The van der Waals surface area contributed by atoms with Gasteiger partial charge in [0.15, 0.2) is 5.60 Å². The molecule has 1 aliphatic carbocycles. The zero-order valence-electron chi connectivity index (χ0n) is 28.6.